The Bertz CT molecular complexity index is 5910. The van der Waals surface area contributed by atoms with E-state index in [0.29, 0.717) is 28.7 Å². The summed E-state index contributed by atoms with van der Waals surface area (Å²) in [7, 11) is 0. The topological polar surface area (TPSA) is 87.2 Å². The second-order valence-electron chi connectivity index (χ2n) is 23.0. The van der Waals surface area contributed by atoms with Crippen molar-refractivity contribution in [2.24, 2.45) is 0 Å². The van der Waals surface area contributed by atoms with E-state index >= 15 is 0 Å². The van der Waals surface area contributed by atoms with Gasteiger partial charge < -0.3 is 4.57 Å². The van der Waals surface area contributed by atoms with E-state index < -0.39 is 0 Å². The molecule has 0 aliphatic heterocycles. The van der Waals surface area contributed by atoms with Crippen LogP contribution in [0.2, 0.25) is 0 Å². The Labute approximate surface area is 522 Å². The summed E-state index contributed by atoms with van der Waals surface area (Å²) in [5.41, 5.74) is 20.6. The molecule has 0 spiro atoms. The van der Waals surface area contributed by atoms with Crippen molar-refractivity contribution in [3.05, 3.63) is 279 Å². The van der Waals surface area contributed by atoms with Crippen LogP contribution in [0.25, 0.3) is 185 Å². The molecular formula is C80H46N8S2. The van der Waals surface area contributed by atoms with Crippen molar-refractivity contribution in [2.75, 3.05) is 0 Å². The smallest absolute Gasteiger partial charge is 0.235 e. The standard InChI is InChI=1S/C80H46N8S2/c1-3-13-47(14-4-1)49-23-33-74-58(42-49)60-44-51(25-35-76(60)89-74)53-39-54(52-26-36-77-61(45-52)59-43-50(24-34-75(59)90-77)48-15-5-2-6-16-48)41-55(40-53)87-70-21-9-7-17-56(70)78-72(87)31-32-73-79(78)57-18-8-10-22-71(57)88(73)80-85-68(66-29-27-62-64(83-66)19-11-37-81-62)46-69(86-80)67-30-28-63-65(84-67)20-12-38-82-63/h1-46H. The average Bonchev–Trinajstić information content (AvgIpc) is 1.56. The third-order valence-electron chi connectivity index (χ3n) is 17.8. The van der Waals surface area contributed by atoms with Gasteiger partial charge in [0.2, 0.25) is 5.95 Å². The lowest BCUT2D eigenvalue weighted by molar-refractivity contribution is 0.990. The van der Waals surface area contributed by atoms with Gasteiger partial charge in [-0.1, -0.05) is 121 Å². The molecule has 10 heteroatoms. The van der Waals surface area contributed by atoms with E-state index in [1.807, 2.05) is 77.3 Å². The van der Waals surface area contributed by atoms with Crippen LogP contribution in [-0.2, 0) is 0 Å². The van der Waals surface area contributed by atoms with Crippen LogP contribution < -0.4 is 0 Å². The van der Waals surface area contributed by atoms with Gasteiger partial charge in [0.15, 0.2) is 0 Å². The van der Waals surface area contributed by atoms with Gasteiger partial charge in [-0.25, -0.2) is 19.9 Å². The number of hydrogen-bond donors (Lipinski definition) is 0. The summed E-state index contributed by atoms with van der Waals surface area (Å²) in [5.74, 6) is 0.508. The quantitative estimate of drug-likeness (QED) is 0.151. The van der Waals surface area contributed by atoms with Crippen LogP contribution in [0.1, 0.15) is 0 Å². The van der Waals surface area contributed by atoms with Crippen LogP contribution in [0.15, 0.2) is 279 Å². The molecule has 0 saturated heterocycles. The van der Waals surface area contributed by atoms with E-state index in [0.717, 1.165) is 93.6 Å². The number of para-hydroxylation sites is 2. The molecule has 0 N–H and O–H groups in total. The number of fused-ring (bicyclic) bond motifs is 15. The predicted molar refractivity (Wildman–Crippen MR) is 375 cm³/mol. The van der Waals surface area contributed by atoms with Gasteiger partial charge in [0.1, 0.15) is 0 Å². The Hall–Kier alpha value is -11.6. The zero-order valence-corrected chi connectivity index (χ0v) is 49.6. The van der Waals surface area contributed by atoms with E-state index in [2.05, 4.69) is 231 Å². The third kappa shape index (κ3) is 8.12. The predicted octanol–water partition coefficient (Wildman–Crippen LogP) is 21.3. The monoisotopic (exact) mass is 1180 g/mol. The van der Waals surface area contributed by atoms with Crippen LogP contribution in [0.3, 0.4) is 0 Å². The molecule has 0 saturated carbocycles. The van der Waals surface area contributed by atoms with E-state index in [1.165, 1.54) is 62.6 Å². The molecule has 19 rings (SSSR count). The lowest BCUT2D eigenvalue weighted by Gasteiger charge is -2.15. The van der Waals surface area contributed by atoms with Gasteiger partial charge in [0.05, 0.1) is 66.9 Å². The van der Waals surface area contributed by atoms with Gasteiger partial charge in [-0.3, -0.25) is 14.5 Å². The van der Waals surface area contributed by atoms with Crippen molar-refractivity contribution in [1.82, 2.24) is 39.0 Å². The fourth-order valence-corrected chi connectivity index (χ4v) is 15.7. The van der Waals surface area contributed by atoms with Gasteiger partial charge in [-0.2, -0.15) is 0 Å². The highest BCUT2D eigenvalue weighted by atomic mass is 32.1. The van der Waals surface area contributed by atoms with Crippen LogP contribution in [-0.4, -0.2) is 39.0 Å². The lowest BCUT2D eigenvalue weighted by Crippen LogP contribution is -2.05. The normalized spacial score (nSPS) is 12.0. The molecule has 0 atom stereocenters. The van der Waals surface area contributed by atoms with Crippen molar-refractivity contribution in [3.63, 3.8) is 0 Å². The highest BCUT2D eigenvalue weighted by Gasteiger charge is 2.24. The van der Waals surface area contributed by atoms with E-state index in [-0.39, 0.29) is 0 Å². The first-order chi connectivity index (χ1) is 44.5. The molecule has 0 aliphatic carbocycles. The van der Waals surface area contributed by atoms with E-state index in [4.69, 9.17) is 19.9 Å². The molecule has 0 radical (unpaired) electrons. The molecule has 0 bridgehead atoms. The van der Waals surface area contributed by atoms with Crippen LogP contribution in [0.4, 0.5) is 0 Å². The van der Waals surface area contributed by atoms with Crippen LogP contribution >= 0.6 is 22.7 Å². The maximum absolute atomic E-state index is 5.44. The number of aromatic nitrogens is 8. The Kier molecular flexibility index (Phi) is 11.2. The summed E-state index contributed by atoms with van der Waals surface area (Å²) in [6.45, 7) is 0. The minimum absolute atomic E-state index is 0.508. The minimum atomic E-state index is 0.508. The number of thiophene rings is 2. The molecule has 9 aromatic heterocycles. The second-order valence-corrected chi connectivity index (χ2v) is 25.2. The van der Waals surface area contributed by atoms with Gasteiger partial charge in [0.25, 0.3) is 0 Å². The number of pyridine rings is 4. The first-order valence-electron chi connectivity index (χ1n) is 30.0. The van der Waals surface area contributed by atoms with Crippen molar-refractivity contribution in [1.29, 1.82) is 0 Å². The van der Waals surface area contributed by atoms with Gasteiger partial charge >= 0.3 is 0 Å². The zero-order valence-electron chi connectivity index (χ0n) is 48.0. The largest absolute Gasteiger partial charge is 0.309 e. The molecular weight excluding hydrogens is 1140 g/mol. The number of rotatable bonds is 8. The summed E-state index contributed by atoms with van der Waals surface area (Å²) in [5, 5.41) is 9.55. The molecule has 0 aliphatic rings. The highest BCUT2D eigenvalue weighted by molar-refractivity contribution is 7.26. The van der Waals surface area contributed by atoms with Gasteiger partial charge in [-0.05, 0) is 190 Å². The number of nitrogens with zero attached hydrogens (tertiary/aromatic N) is 8. The van der Waals surface area contributed by atoms with E-state index in [1.54, 1.807) is 12.4 Å². The molecule has 10 aromatic carbocycles. The molecule has 418 valence electrons. The summed E-state index contributed by atoms with van der Waals surface area (Å²) in [6.07, 6.45) is 3.58. The Morgan fingerprint density at radius 1 is 0.244 bits per heavy atom. The maximum atomic E-state index is 5.44. The van der Waals surface area contributed by atoms with Crippen molar-refractivity contribution >= 4 is 129 Å². The fraction of sp³-hybridized carbons (Fsp3) is 0. The Morgan fingerprint density at radius 3 is 1.14 bits per heavy atom. The maximum Gasteiger partial charge on any atom is 0.235 e. The first kappa shape index (κ1) is 50.6. The lowest BCUT2D eigenvalue weighted by atomic mass is 9.95. The third-order valence-corrected chi connectivity index (χ3v) is 20.1. The highest BCUT2D eigenvalue weighted by Crippen LogP contribution is 2.46. The average molecular weight is 1180 g/mol. The van der Waals surface area contributed by atoms with Crippen molar-refractivity contribution < 1.29 is 0 Å². The number of benzene rings is 10. The van der Waals surface area contributed by atoms with Gasteiger partial charge in [0, 0.05) is 80.0 Å². The summed E-state index contributed by atoms with van der Waals surface area (Å²) in [6, 6.07) is 96.3. The summed E-state index contributed by atoms with van der Waals surface area (Å²) >= 11 is 3.71. The van der Waals surface area contributed by atoms with Crippen molar-refractivity contribution in [2.45, 2.75) is 0 Å². The first-order valence-corrected chi connectivity index (χ1v) is 31.7. The Morgan fingerprint density at radius 2 is 0.667 bits per heavy atom. The second kappa shape index (κ2) is 20.0. The summed E-state index contributed by atoms with van der Waals surface area (Å²) in [4.78, 5) is 30.3. The Balaban J connectivity index is 0.839. The van der Waals surface area contributed by atoms with Crippen LogP contribution in [0.5, 0.6) is 0 Å². The fourth-order valence-electron chi connectivity index (χ4n) is 13.6. The van der Waals surface area contributed by atoms with Crippen molar-refractivity contribution in [3.8, 4) is 78.9 Å². The SMILES string of the molecule is c1ccc(-c2ccc3sc4ccc(-c5cc(-c6ccc7sc8ccc(-c9ccccc9)cc8c7c6)cc(-n6c7ccccc7c7c8c9ccccc9n(-c9nc(-c%10ccc%11ncccc%11n%10)cc(-c%10ccc%11ncccc%11n%10)n9)c8ccc76)c5)cc4c3c2)cc1. The molecule has 8 nitrogen and oxygen atoms in total. The number of hydrogen-bond acceptors (Lipinski definition) is 8. The van der Waals surface area contributed by atoms with E-state index in [9.17, 15) is 0 Å². The van der Waals surface area contributed by atoms with Gasteiger partial charge in [-0.15, -0.1) is 22.7 Å². The summed E-state index contributed by atoms with van der Waals surface area (Å²) < 4.78 is 9.79. The molecule has 90 heavy (non-hydrogen) atoms. The molecule has 0 unspecified atom stereocenters. The molecule has 19 aromatic rings. The molecule has 0 fully saturated rings. The zero-order chi connectivity index (χ0) is 59.0. The van der Waals surface area contributed by atoms with Crippen LogP contribution in [0, 0.1) is 0 Å². The molecule has 0 amide bonds. The minimum Gasteiger partial charge on any atom is -0.309 e. The molecule has 9 heterocycles.